The van der Waals surface area contributed by atoms with E-state index in [1.807, 2.05) is 0 Å². The fraction of sp³-hybridized carbons (Fsp3) is 0.211. The Balaban J connectivity index is 2.38. The van der Waals surface area contributed by atoms with Crippen LogP contribution in [-0.4, -0.2) is 48.3 Å². The Kier molecular flexibility index (Phi) is 6.89. The smallest absolute Gasteiger partial charge is 0.338 e. The quantitative estimate of drug-likeness (QED) is 0.435. The molecule has 0 aromatic heterocycles. The third-order valence-corrected chi connectivity index (χ3v) is 4.09. The Morgan fingerprint density at radius 3 is 2.38 bits per heavy atom. The molecular formula is C19H18ClN3O6. The molecule has 0 saturated heterocycles. The number of hydrogen-bond donors (Lipinski definition) is 1. The number of nitro benzene ring substituents is 1. The fourth-order valence-electron chi connectivity index (χ4n) is 2.39. The van der Waals surface area contributed by atoms with Crippen molar-refractivity contribution in [2.45, 2.75) is 6.92 Å². The van der Waals surface area contributed by atoms with Gasteiger partial charge in [-0.2, -0.15) is 0 Å². The first-order valence-corrected chi connectivity index (χ1v) is 8.81. The molecule has 2 rings (SSSR count). The van der Waals surface area contributed by atoms with E-state index in [1.165, 1.54) is 29.2 Å². The van der Waals surface area contributed by atoms with Crippen LogP contribution in [0.5, 0.6) is 0 Å². The summed E-state index contributed by atoms with van der Waals surface area (Å²) in [4.78, 5) is 48.5. The van der Waals surface area contributed by atoms with Gasteiger partial charge in [-0.05, 0) is 31.2 Å². The zero-order valence-corrected chi connectivity index (χ0v) is 16.6. The van der Waals surface area contributed by atoms with Crippen LogP contribution in [-0.2, 0) is 4.74 Å². The van der Waals surface area contributed by atoms with Gasteiger partial charge < -0.3 is 15.0 Å². The number of anilines is 1. The molecule has 0 atom stereocenters. The largest absolute Gasteiger partial charge is 0.462 e. The molecule has 0 aliphatic rings. The number of esters is 1. The summed E-state index contributed by atoms with van der Waals surface area (Å²) in [6, 6.07) is 7.60. The molecular weight excluding hydrogens is 402 g/mol. The molecule has 9 nitrogen and oxygen atoms in total. The van der Waals surface area contributed by atoms with Crippen molar-refractivity contribution in [2.24, 2.45) is 0 Å². The number of halogens is 1. The van der Waals surface area contributed by atoms with E-state index in [0.717, 1.165) is 12.1 Å². The van der Waals surface area contributed by atoms with E-state index in [1.54, 1.807) is 21.0 Å². The summed E-state index contributed by atoms with van der Waals surface area (Å²) < 4.78 is 4.84. The molecule has 0 bridgehead atoms. The highest BCUT2D eigenvalue weighted by molar-refractivity contribution is 6.34. The lowest BCUT2D eigenvalue weighted by atomic mass is 10.1. The van der Waals surface area contributed by atoms with Gasteiger partial charge in [-0.15, -0.1) is 0 Å². The number of ether oxygens (including phenoxy) is 1. The number of benzene rings is 2. The monoisotopic (exact) mass is 419 g/mol. The average Bonchev–Trinajstić information content (AvgIpc) is 2.68. The SMILES string of the molecule is CCOC(=O)c1cc(C(=O)Nc2ccc(Cl)c(C(=O)N(C)C)c2)cc([N+](=O)[O-])c1. The summed E-state index contributed by atoms with van der Waals surface area (Å²) in [6.45, 7) is 1.67. The van der Waals surface area contributed by atoms with Gasteiger partial charge in [-0.3, -0.25) is 19.7 Å². The first-order chi connectivity index (χ1) is 13.6. The van der Waals surface area contributed by atoms with Crippen LogP contribution in [0.15, 0.2) is 36.4 Å². The van der Waals surface area contributed by atoms with Gasteiger partial charge in [0.1, 0.15) is 0 Å². The van der Waals surface area contributed by atoms with E-state index in [4.69, 9.17) is 16.3 Å². The lowest BCUT2D eigenvalue weighted by Crippen LogP contribution is -2.22. The highest BCUT2D eigenvalue weighted by Gasteiger charge is 2.20. The van der Waals surface area contributed by atoms with Crippen LogP contribution in [0.1, 0.15) is 38.0 Å². The van der Waals surface area contributed by atoms with Crippen LogP contribution in [0.3, 0.4) is 0 Å². The number of amides is 2. The molecule has 2 aromatic rings. The van der Waals surface area contributed by atoms with Gasteiger partial charge in [0, 0.05) is 37.5 Å². The van der Waals surface area contributed by atoms with E-state index in [0.29, 0.717) is 0 Å². The van der Waals surface area contributed by atoms with Crippen LogP contribution < -0.4 is 5.32 Å². The predicted octanol–water partition coefficient (Wildman–Crippen LogP) is 3.38. The van der Waals surface area contributed by atoms with E-state index in [2.05, 4.69) is 5.32 Å². The first-order valence-electron chi connectivity index (χ1n) is 8.43. The maximum absolute atomic E-state index is 12.6. The molecule has 0 spiro atoms. The number of hydrogen-bond acceptors (Lipinski definition) is 6. The van der Waals surface area contributed by atoms with E-state index in [9.17, 15) is 24.5 Å². The minimum atomic E-state index is -0.782. The highest BCUT2D eigenvalue weighted by Crippen LogP contribution is 2.23. The number of rotatable bonds is 6. The van der Waals surface area contributed by atoms with Crippen molar-refractivity contribution in [1.82, 2.24) is 4.90 Å². The Labute approximate surface area is 171 Å². The zero-order valence-electron chi connectivity index (χ0n) is 15.9. The maximum Gasteiger partial charge on any atom is 0.338 e. The molecule has 29 heavy (non-hydrogen) atoms. The minimum absolute atomic E-state index is 0.0799. The van der Waals surface area contributed by atoms with Gasteiger partial charge >= 0.3 is 5.97 Å². The lowest BCUT2D eigenvalue weighted by molar-refractivity contribution is -0.384. The molecule has 0 aliphatic heterocycles. The summed E-state index contributed by atoms with van der Waals surface area (Å²) in [7, 11) is 3.12. The summed E-state index contributed by atoms with van der Waals surface area (Å²) in [5.41, 5.74) is -0.224. The number of nitrogens with one attached hydrogen (secondary N) is 1. The molecule has 2 aromatic carbocycles. The van der Waals surface area contributed by atoms with Crippen molar-refractivity contribution in [1.29, 1.82) is 0 Å². The van der Waals surface area contributed by atoms with Gasteiger partial charge in [-0.25, -0.2) is 4.79 Å². The second kappa shape index (κ2) is 9.16. The zero-order chi connectivity index (χ0) is 21.7. The number of carbonyl (C=O) groups is 3. The summed E-state index contributed by atoms with van der Waals surface area (Å²) in [5.74, 6) is -1.84. The average molecular weight is 420 g/mol. The minimum Gasteiger partial charge on any atom is -0.462 e. The van der Waals surface area contributed by atoms with Crippen molar-refractivity contribution >= 4 is 40.8 Å². The summed E-state index contributed by atoms with van der Waals surface area (Å²) in [5, 5.41) is 13.9. The molecule has 10 heteroatoms. The first kappa shape index (κ1) is 21.8. The standard InChI is InChI=1S/C19H18ClN3O6/c1-4-29-19(26)12-7-11(8-14(9-12)23(27)28)17(24)21-13-5-6-16(20)15(10-13)18(25)22(2)3/h5-10H,4H2,1-3H3,(H,21,24). The van der Waals surface area contributed by atoms with Crippen LogP contribution in [0.2, 0.25) is 5.02 Å². The molecule has 1 N–H and O–H groups in total. The molecule has 0 fully saturated rings. The van der Waals surface area contributed by atoms with Crippen LogP contribution >= 0.6 is 11.6 Å². The number of non-ortho nitro benzene ring substituents is 1. The van der Waals surface area contributed by atoms with Crippen molar-refractivity contribution in [3.63, 3.8) is 0 Å². The van der Waals surface area contributed by atoms with Crippen LogP contribution in [0, 0.1) is 10.1 Å². The van der Waals surface area contributed by atoms with E-state index < -0.39 is 22.5 Å². The Bertz CT molecular complexity index is 990. The maximum atomic E-state index is 12.6. The van der Waals surface area contributed by atoms with Crippen molar-refractivity contribution in [2.75, 3.05) is 26.0 Å². The third kappa shape index (κ3) is 5.29. The Morgan fingerprint density at radius 2 is 1.79 bits per heavy atom. The van der Waals surface area contributed by atoms with Crippen molar-refractivity contribution < 1.29 is 24.0 Å². The normalized spacial score (nSPS) is 10.2. The number of nitro groups is 1. The van der Waals surface area contributed by atoms with Gasteiger partial charge in [-0.1, -0.05) is 11.6 Å². The Hall–Kier alpha value is -3.46. The molecule has 0 saturated carbocycles. The van der Waals surface area contributed by atoms with Gasteiger partial charge in [0.25, 0.3) is 17.5 Å². The van der Waals surface area contributed by atoms with Gasteiger partial charge in [0.2, 0.25) is 0 Å². The van der Waals surface area contributed by atoms with E-state index >= 15 is 0 Å². The highest BCUT2D eigenvalue weighted by atomic mass is 35.5. The van der Waals surface area contributed by atoms with Gasteiger partial charge in [0.15, 0.2) is 0 Å². The van der Waals surface area contributed by atoms with Gasteiger partial charge in [0.05, 0.1) is 27.7 Å². The molecule has 2 amide bonds. The van der Waals surface area contributed by atoms with Crippen LogP contribution in [0.4, 0.5) is 11.4 Å². The fourth-order valence-corrected chi connectivity index (χ4v) is 2.59. The van der Waals surface area contributed by atoms with Crippen molar-refractivity contribution in [3.8, 4) is 0 Å². The summed E-state index contributed by atoms with van der Waals surface area (Å²) in [6.07, 6.45) is 0. The number of nitrogens with zero attached hydrogens (tertiary/aromatic N) is 2. The van der Waals surface area contributed by atoms with E-state index in [-0.39, 0.29) is 39.9 Å². The molecule has 0 heterocycles. The second-order valence-corrected chi connectivity index (χ2v) is 6.50. The summed E-state index contributed by atoms with van der Waals surface area (Å²) >= 11 is 6.04. The molecule has 152 valence electrons. The number of carbonyl (C=O) groups excluding carboxylic acids is 3. The predicted molar refractivity (Wildman–Crippen MR) is 106 cm³/mol. The molecule has 0 radical (unpaired) electrons. The molecule has 0 aliphatic carbocycles. The Morgan fingerprint density at radius 1 is 1.14 bits per heavy atom. The molecule has 0 unspecified atom stereocenters. The lowest BCUT2D eigenvalue weighted by Gasteiger charge is -2.13. The van der Waals surface area contributed by atoms with Crippen LogP contribution in [0.25, 0.3) is 0 Å². The topological polar surface area (TPSA) is 119 Å². The van der Waals surface area contributed by atoms with Crippen molar-refractivity contribution in [3.05, 3.63) is 68.2 Å². The second-order valence-electron chi connectivity index (χ2n) is 6.09. The third-order valence-electron chi connectivity index (χ3n) is 3.76.